The number of hydrogen-bond donors (Lipinski definition) is 0. The van der Waals surface area contributed by atoms with Crippen molar-refractivity contribution in [1.29, 1.82) is 0 Å². The van der Waals surface area contributed by atoms with Crippen LogP contribution in [0.25, 0.3) is 0 Å². The summed E-state index contributed by atoms with van der Waals surface area (Å²) in [5.41, 5.74) is 2.69. The van der Waals surface area contributed by atoms with E-state index in [0.29, 0.717) is 11.3 Å². The summed E-state index contributed by atoms with van der Waals surface area (Å²) in [7, 11) is -3.93. The number of nitrogens with zero attached hydrogens (tertiary/aromatic N) is 1. The van der Waals surface area contributed by atoms with E-state index < -0.39 is 15.6 Å². The highest BCUT2D eigenvalue weighted by Crippen LogP contribution is 2.40. The topological polar surface area (TPSA) is 54.5 Å². The smallest absolute Gasteiger partial charge is 0.214 e. The number of benzene rings is 3. The minimum Gasteiger partial charge on any atom is -0.314 e. The Balaban J connectivity index is 1.91. The lowest BCUT2D eigenvalue weighted by molar-refractivity contribution is 0.104. The predicted molar refractivity (Wildman–Crippen MR) is 118 cm³/mol. The van der Waals surface area contributed by atoms with Crippen molar-refractivity contribution >= 4 is 38.8 Å². The van der Waals surface area contributed by atoms with Gasteiger partial charge in [0.25, 0.3) is 0 Å². The minimum atomic E-state index is -3.93. The van der Waals surface area contributed by atoms with Crippen LogP contribution in [0, 0.1) is 6.92 Å². The molecule has 0 radical (unpaired) electrons. The fourth-order valence-electron chi connectivity index (χ4n) is 3.26. The Morgan fingerprint density at radius 3 is 2.38 bits per heavy atom. The van der Waals surface area contributed by atoms with Gasteiger partial charge < -0.3 is 4.90 Å². The molecule has 0 unspecified atom stereocenters. The van der Waals surface area contributed by atoms with Crippen LogP contribution in [0.4, 0.5) is 11.4 Å². The predicted octanol–water partition coefficient (Wildman–Crippen LogP) is 5.37. The zero-order valence-electron chi connectivity index (χ0n) is 16.0. The van der Waals surface area contributed by atoms with Gasteiger partial charge in [-0.15, -0.1) is 11.8 Å². The lowest BCUT2D eigenvalue weighted by Crippen LogP contribution is -2.25. The zero-order valence-corrected chi connectivity index (χ0v) is 17.6. The molecule has 1 aliphatic rings. The van der Waals surface area contributed by atoms with Crippen molar-refractivity contribution in [3.05, 3.63) is 95.0 Å². The average molecular weight is 422 g/mol. The second-order valence-corrected chi connectivity index (χ2v) is 9.50. The second kappa shape index (κ2) is 7.54. The SMILES string of the molecule is CSc1cccc(N2C=C(C(=O)c3ccc(C)cc3)S(=O)(=O)c3ccccc32)c1. The van der Waals surface area contributed by atoms with E-state index in [0.717, 1.165) is 16.1 Å². The molecule has 1 aliphatic heterocycles. The van der Waals surface area contributed by atoms with Gasteiger partial charge in [-0.2, -0.15) is 0 Å². The number of carbonyl (C=O) groups excluding carboxylic acids is 1. The average Bonchev–Trinajstić information content (AvgIpc) is 2.74. The number of anilines is 2. The lowest BCUT2D eigenvalue weighted by atomic mass is 10.1. The quantitative estimate of drug-likeness (QED) is 0.419. The van der Waals surface area contributed by atoms with Gasteiger partial charge in [0.15, 0.2) is 0 Å². The normalized spacial score (nSPS) is 14.8. The first-order valence-electron chi connectivity index (χ1n) is 9.02. The summed E-state index contributed by atoms with van der Waals surface area (Å²) in [5.74, 6) is -0.509. The molecule has 0 N–H and O–H groups in total. The van der Waals surface area contributed by atoms with Crippen LogP contribution in [0.3, 0.4) is 0 Å². The Kier molecular flexibility index (Phi) is 5.06. The van der Waals surface area contributed by atoms with Crippen molar-refractivity contribution in [1.82, 2.24) is 0 Å². The summed E-state index contributed by atoms with van der Waals surface area (Å²) in [5, 5.41) is 0. The van der Waals surface area contributed by atoms with Crippen molar-refractivity contribution in [3.63, 3.8) is 0 Å². The minimum absolute atomic E-state index is 0.132. The Hall–Kier alpha value is -2.83. The van der Waals surface area contributed by atoms with Gasteiger partial charge in [-0.1, -0.05) is 48.0 Å². The third-order valence-electron chi connectivity index (χ3n) is 4.82. The Bertz CT molecular complexity index is 1230. The largest absolute Gasteiger partial charge is 0.314 e. The Morgan fingerprint density at radius 1 is 0.931 bits per heavy atom. The summed E-state index contributed by atoms with van der Waals surface area (Å²) in [4.78, 5) is 15.9. The van der Waals surface area contributed by atoms with Crippen molar-refractivity contribution < 1.29 is 13.2 Å². The van der Waals surface area contributed by atoms with Crippen LogP contribution in [0.2, 0.25) is 0 Å². The molecule has 0 amide bonds. The maximum Gasteiger partial charge on any atom is 0.214 e. The summed E-state index contributed by atoms with van der Waals surface area (Å²) in [6.07, 6.45) is 3.43. The molecule has 1 heterocycles. The van der Waals surface area contributed by atoms with Crippen LogP contribution in [-0.4, -0.2) is 20.5 Å². The molecule has 4 nitrogen and oxygen atoms in total. The van der Waals surface area contributed by atoms with Crippen molar-refractivity contribution in [2.45, 2.75) is 16.7 Å². The van der Waals surface area contributed by atoms with E-state index in [-0.39, 0.29) is 9.80 Å². The fraction of sp³-hybridized carbons (Fsp3) is 0.0870. The molecule has 3 aromatic rings. The van der Waals surface area contributed by atoms with E-state index in [9.17, 15) is 13.2 Å². The van der Waals surface area contributed by atoms with E-state index in [1.54, 1.807) is 65.2 Å². The summed E-state index contributed by atoms with van der Waals surface area (Å²) in [6.45, 7) is 1.92. The van der Waals surface area contributed by atoms with Crippen molar-refractivity contribution in [2.75, 3.05) is 11.2 Å². The van der Waals surface area contributed by atoms with Crippen LogP contribution in [0.1, 0.15) is 15.9 Å². The van der Waals surface area contributed by atoms with E-state index in [1.807, 2.05) is 37.4 Å². The van der Waals surface area contributed by atoms with Gasteiger partial charge in [0.05, 0.1) is 10.6 Å². The monoisotopic (exact) mass is 421 g/mol. The fourth-order valence-corrected chi connectivity index (χ4v) is 5.26. The molecule has 0 spiro atoms. The lowest BCUT2D eigenvalue weighted by Gasteiger charge is -2.29. The van der Waals surface area contributed by atoms with Crippen LogP contribution in [0.15, 0.2) is 93.7 Å². The van der Waals surface area contributed by atoms with Gasteiger partial charge in [0.2, 0.25) is 15.6 Å². The van der Waals surface area contributed by atoms with E-state index >= 15 is 0 Å². The maximum absolute atomic E-state index is 13.3. The maximum atomic E-state index is 13.3. The molecule has 0 aromatic heterocycles. The third-order valence-corrected chi connectivity index (χ3v) is 7.34. The number of allylic oxidation sites excluding steroid dienone is 1. The molecule has 0 atom stereocenters. The van der Waals surface area contributed by atoms with E-state index in [1.165, 1.54) is 6.20 Å². The van der Waals surface area contributed by atoms with Crippen LogP contribution < -0.4 is 4.90 Å². The number of fused-ring (bicyclic) bond motifs is 1. The first kappa shape index (κ1) is 19.5. The molecule has 0 aliphatic carbocycles. The van der Waals surface area contributed by atoms with Gasteiger partial charge in [-0.3, -0.25) is 4.79 Å². The summed E-state index contributed by atoms with van der Waals surface area (Å²) >= 11 is 1.60. The van der Waals surface area contributed by atoms with Crippen molar-refractivity contribution in [2.24, 2.45) is 0 Å². The van der Waals surface area contributed by atoms with Gasteiger partial charge in [-0.25, -0.2) is 8.42 Å². The molecule has 29 heavy (non-hydrogen) atoms. The number of ketones is 1. The zero-order chi connectivity index (χ0) is 20.6. The number of carbonyl (C=O) groups is 1. The molecule has 0 saturated carbocycles. The third kappa shape index (κ3) is 3.50. The number of rotatable bonds is 4. The second-order valence-electron chi connectivity index (χ2n) is 6.73. The molecular weight excluding hydrogens is 402 g/mol. The Morgan fingerprint density at radius 2 is 1.66 bits per heavy atom. The van der Waals surface area contributed by atoms with Crippen molar-refractivity contribution in [3.8, 4) is 0 Å². The number of hydrogen-bond acceptors (Lipinski definition) is 5. The molecule has 0 bridgehead atoms. The number of Topliss-reactive ketones (excluding diaryl/α,β-unsaturated/α-hetero) is 1. The molecule has 0 fully saturated rings. The van der Waals surface area contributed by atoms with Gasteiger partial charge in [0.1, 0.15) is 4.91 Å². The number of para-hydroxylation sites is 1. The highest BCUT2D eigenvalue weighted by Gasteiger charge is 2.36. The molecule has 0 saturated heterocycles. The summed E-state index contributed by atoms with van der Waals surface area (Å²) < 4.78 is 26.5. The standard InChI is InChI=1S/C23H19NO3S2/c1-16-10-12-17(13-11-16)23(25)22-15-24(18-6-5-7-19(14-18)28-2)20-8-3-4-9-21(20)29(22,26)27/h3-15H,1-2H3. The van der Waals surface area contributed by atoms with E-state index in [2.05, 4.69) is 0 Å². The summed E-state index contributed by atoms with van der Waals surface area (Å²) in [6, 6.07) is 21.5. The molecule has 6 heteroatoms. The molecule has 3 aromatic carbocycles. The molecular formula is C23H19NO3S2. The highest BCUT2D eigenvalue weighted by molar-refractivity contribution is 7.98. The highest BCUT2D eigenvalue weighted by atomic mass is 32.2. The Labute approximate surface area is 174 Å². The van der Waals surface area contributed by atoms with Crippen LogP contribution in [-0.2, 0) is 9.84 Å². The first-order chi connectivity index (χ1) is 13.9. The van der Waals surface area contributed by atoms with E-state index in [4.69, 9.17) is 0 Å². The number of sulfone groups is 1. The van der Waals surface area contributed by atoms with Crippen LogP contribution in [0.5, 0.6) is 0 Å². The number of thioether (sulfide) groups is 1. The van der Waals surface area contributed by atoms with Gasteiger partial charge in [-0.05, 0) is 43.5 Å². The molecule has 4 rings (SSSR count). The first-order valence-corrected chi connectivity index (χ1v) is 11.7. The molecule has 146 valence electrons. The van der Waals surface area contributed by atoms with Gasteiger partial charge in [0, 0.05) is 22.3 Å². The van der Waals surface area contributed by atoms with Gasteiger partial charge >= 0.3 is 0 Å². The number of aryl methyl sites for hydroxylation is 1. The van der Waals surface area contributed by atoms with Crippen LogP contribution >= 0.6 is 11.8 Å².